The van der Waals surface area contributed by atoms with Gasteiger partial charge in [0.1, 0.15) is 0 Å². The number of nitrogens with one attached hydrogen (secondary N) is 1. The Morgan fingerprint density at radius 3 is 2.59 bits per heavy atom. The van der Waals surface area contributed by atoms with Crippen LogP contribution in [-0.4, -0.2) is 24.2 Å². The molecule has 1 amide bonds. The molecule has 2 N–H and O–H groups in total. The molecule has 3 nitrogen and oxygen atoms in total. The zero-order valence-corrected chi connectivity index (χ0v) is 10.7. The van der Waals surface area contributed by atoms with Crippen molar-refractivity contribution < 1.29 is 9.90 Å². The van der Waals surface area contributed by atoms with Gasteiger partial charge >= 0.3 is 0 Å². The quantitative estimate of drug-likeness (QED) is 0.716. The summed E-state index contributed by atoms with van der Waals surface area (Å²) in [6, 6.07) is 0. The minimum Gasteiger partial charge on any atom is -0.396 e. The zero-order chi connectivity index (χ0) is 12.1. The van der Waals surface area contributed by atoms with Crippen LogP contribution in [0.2, 0.25) is 0 Å². The van der Waals surface area contributed by atoms with E-state index in [9.17, 15) is 4.79 Å². The average Bonchev–Trinajstić information content (AvgIpc) is 2.95. The van der Waals surface area contributed by atoms with Gasteiger partial charge in [0.2, 0.25) is 5.91 Å². The lowest BCUT2D eigenvalue weighted by atomic mass is 10.0. The molecule has 0 radical (unpaired) electrons. The topological polar surface area (TPSA) is 49.3 Å². The van der Waals surface area contributed by atoms with Crippen molar-refractivity contribution in [3.05, 3.63) is 0 Å². The van der Waals surface area contributed by atoms with Gasteiger partial charge in [0, 0.05) is 18.4 Å². The highest BCUT2D eigenvalue weighted by Crippen LogP contribution is 2.44. The highest BCUT2D eigenvalue weighted by molar-refractivity contribution is 5.75. The van der Waals surface area contributed by atoms with E-state index < -0.39 is 0 Å². The van der Waals surface area contributed by atoms with E-state index in [0.29, 0.717) is 13.0 Å². The van der Waals surface area contributed by atoms with Gasteiger partial charge in [-0.3, -0.25) is 4.79 Å². The molecular formula is C14H25NO2. The largest absolute Gasteiger partial charge is 0.396 e. The summed E-state index contributed by atoms with van der Waals surface area (Å²) in [5.74, 6) is 1.05. The number of rotatable bonds is 7. The third-order valence-corrected chi connectivity index (χ3v) is 4.44. The molecule has 0 aliphatic heterocycles. The van der Waals surface area contributed by atoms with Gasteiger partial charge in [-0.15, -0.1) is 0 Å². The van der Waals surface area contributed by atoms with Crippen LogP contribution in [0.1, 0.15) is 57.8 Å². The first kappa shape index (κ1) is 12.9. The number of carbonyl (C=O) groups is 1. The summed E-state index contributed by atoms with van der Waals surface area (Å²) in [5, 5.41) is 12.1. The van der Waals surface area contributed by atoms with Gasteiger partial charge in [-0.2, -0.15) is 0 Å². The van der Waals surface area contributed by atoms with Crippen molar-refractivity contribution in [3.63, 3.8) is 0 Å². The van der Waals surface area contributed by atoms with E-state index in [4.69, 9.17) is 5.11 Å². The summed E-state index contributed by atoms with van der Waals surface area (Å²) >= 11 is 0. The molecule has 0 atom stereocenters. The third-order valence-electron chi connectivity index (χ3n) is 4.44. The van der Waals surface area contributed by atoms with E-state index in [1.54, 1.807) is 0 Å². The Morgan fingerprint density at radius 2 is 2.00 bits per heavy atom. The van der Waals surface area contributed by atoms with Crippen LogP contribution in [-0.2, 0) is 4.79 Å². The molecule has 98 valence electrons. The second-order valence-corrected chi connectivity index (χ2v) is 5.98. The molecule has 3 heteroatoms. The van der Waals surface area contributed by atoms with Gasteiger partial charge in [-0.05, 0) is 31.6 Å². The Labute approximate surface area is 104 Å². The molecule has 0 unspecified atom stereocenters. The molecule has 2 aliphatic rings. The molecule has 2 saturated carbocycles. The Hall–Kier alpha value is -0.570. The van der Waals surface area contributed by atoms with Crippen LogP contribution >= 0.6 is 0 Å². The minimum absolute atomic E-state index is 0.0428. The number of aliphatic hydroxyl groups excluding tert-OH is 1. The Morgan fingerprint density at radius 1 is 1.29 bits per heavy atom. The molecule has 2 fully saturated rings. The second-order valence-electron chi connectivity index (χ2n) is 5.98. The van der Waals surface area contributed by atoms with Crippen molar-refractivity contribution in [2.75, 3.05) is 13.2 Å². The summed E-state index contributed by atoms with van der Waals surface area (Å²) in [6.07, 6.45) is 10.5. The lowest BCUT2D eigenvalue weighted by molar-refractivity contribution is -0.121. The van der Waals surface area contributed by atoms with E-state index >= 15 is 0 Å². The molecular weight excluding hydrogens is 214 g/mol. The van der Waals surface area contributed by atoms with Crippen LogP contribution in [0.15, 0.2) is 0 Å². The minimum atomic E-state index is 0.0428. The van der Waals surface area contributed by atoms with Gasteiger partial charge in [0.15, 0.2) is 0 Å². The van der Waals surface area contributed by atoms with Crippen molar-refractivity contribution in [1.82, 2.24) is 5.32 Å². The maximum atomic E-state index is 11.6. The fraction of sp³-hybridized carbons (Fsp3) is 0.929. The van der Waals surface area contributed by atoms with Crippen molar-refractivity contribution in [2.45, 2.75) is 57.8 Å². The van der Waals surface area contributed by atoms with Crippen molar-refractivity contribution in [1.29, 1.82) is 0 Å². The standard InChI is InChI=1S/C14H25NO2/c16-11-14(8-9-14)10-15-13(17)7-3-6-12-4-1-2-5-12/h12,16H,1-11H2,(H,15,17). The van der Waals surface area contributed by atoms with E-state index in [2.05, 4.69) is 5.32 Å². The predicted octanol–water partition coefficient (Wildman–Crippen LogP) is 2.24. The van der Waals surface area contributed by atoms with Gasteiger partial charge in [0.25, 0.3) is 0 Å². The van der Waals surface area contributed by atoms with Crippen LogP contribution in [0.25, 0.3) is 0 Å². The van der Waals surface area contributed by atoms with Crippen LogP contribution in [0.5, 0.6) is 0 Å². The second kappa shape index (κ2) is 5.85. The van der Waals surface area contributed by atoms with Gasteiger partial charge in [-0.25, -0.2) is 0 Å². The van der Waals surface area contributed by atoms with E-state index in [1.807, 2.05) is 0 Å². The van der Waals surface area contributed by atoms with E-state index in [-0.39, 0.29) is 17.9 Å². The fourth-order valence-corrected chi connectivity index (χ4v) is 2.79. The first-order valence-corrected chi connectivity index (χ1v) is 7.12. The number of amides is 1. The summed E-state index contributed by atoms with van der Waals surface area (Å²) < 4.78 is 0. The third kappa shape index (κ3) is 3.98. The van der Waals surface area contributed by atoms with Crippen LogP contribution in [0.3, 0.4) is 0 Å². The number of aliphatic hydroxyl groups is 1. The molecule has 0 heterocycles. The Balaban J connectivity index is 1.51. The highest BCUT2D eigenvalue weighted by Gasteiger charge is 2.41. The number of carbonyl (C=O) groups excluding carboxylic acids is 1. The van der Waals surface area contributed by atoms with Gasteiger partial charge in [-0.1, -0.05) is 25.7 Å². The van der Waals surface area contributed by atoms with Gasteiger partial charge < -0.3 is 10.4 Å². The predicted molar refractivity (Wildman–Crippen MR) is 67.6 cm³/mol. The van der Waals surface area contributed by atoms with E-state index in [0.717, 1.165) is 25.2 Å². The molecule has 2 rings (SSSR count). The summed E-state index contributed by atoms with van der Waals surface area (Å²) in [4.78, 5) is 11.6. The maximum Gasteiger partial charge on any atom is 0.220 e. The highest BCUT2D eigenvalue weighted by atomic mass is 16.3. The zero-order valence-electron chi connectivity index (χ0n) is 10.7. The van der Waals surface area contributed by atoms with Crippen molar-refractivity contribution in [2.24, 2.45) is 11.3 Å². The molecule has 0 saturated heterocycles. The van der Waals surface area contributed by atoms with Crippen molar-refractivity contribution in [3.8, 4) is 0 Å². The van der Waals surface area contributed by atoms with Crippen LogP contribution in [0.4, 0.5) is 0 Å². The molecule has 17 heavy (non-hydrogen) atoms. The fourth-order valence-electron chi connectivity index (χ4n) is 2.79. The van der Waals surface area contributed by atoms with Gasteiger partial charge in [0.05, 0.1) is 6.61 Å². The summed E-state index contributed by atoms with van der Waals surface area (Å²) in [7, 11) is 0. The molecule has 2 aliphatic carbocycles. The molecule has 0 aromatic carbocycles. The van der Waals surface area contributed by atoms with Crippen molar-refractivity contribution >= 4 is 5.91 Å². The lowest BCUT2D eigenvalue weighted by Crippen LogP contribution is -2.31. The Kier molecular flexibility index (Phi) is 4.43. The molecule has 0 aromatic heterocycles. The molecule has 0 aromatic rings. The maximum absolute atomic E-state index is 11.6. The SMILES string of the molecule is O=C(CCCC1CCCC1)NCC1(CO)CC1. The Bertz CT molecular complexity index is 255. The summed E-state index contributed by atoms with van der Waals surface area (Å²) in [6.45, 7) is 0.890. The average molecular weight is 239 g/mol. The van der Waals surface area contributed by atoms with Crippen LogP contribution in [0, 0.1) is 11.3 Å². The first-order valence-electron chi connectivity index (χ1n) is 7.12. The van der Waals surface area contributed by atoms with E-state index in [1.165, 1.54) is 32.1 Å². The normalized spacial score (nSPS) is 22.6. The number of hydrogen-bond donors (Lipinski definition) is 2. The monoisotopic (exact) mass is 239 g/mol. The lowest BCUT2D eigenvalue weighted by Gasteiger charge is -2.13. The molecule has 0 bridgehead atoms. The summed E-state index contributed by atoms with van der Waals surface area (Å²) in [5.41, 5.74) is 0.0428. The number of hydrogen-bond acceptors (Lipinski definition) is 2. The smallest absolute Gasteiger partial charge is 0.220 e. The molecule has 0 spiro atoms. The van der Waals surface area contributed by atoms with Crippen LogP contribution < -0.4 is 5.32 Å². The first-order chi connectivity index (χ1) is 8.24.